The van der Waals surface area contributed by atoms with Crippen molar-refractivity contribution in [3.63, 3.8) is 0 Å². The number of carbonyl (C=O) groups is 7. The quantitative estimate of drug-likeness (QED) is 0.0355. The number of β-lactam (4-membered cyclic amide) rings is 2. The molecule has 28 heteroatoms. The fourth-order valence-electron chi connectivity index (χ4n) is 6.79. The van der Waals surface area contributed by atoms with E-state index in [0.29, 0.717) is 49.8 Å². The molecule has 4 N–H and O–H groups in total. The molecule has 334 valence electrons. The number of carboxylic acid groups (broad SMARTS) is 2. The molecule has 0 radical (unpaired) electrons. The van der Waals surface area contributed by atoms with Gasteiger partial charge in [0.1, 0.15) is 28.5 Å². The van der Waals surface area contributed by atoms with Crippen molar-refractivity contribution in [2.75, 3.05) is 23.0 Å². The third kappa shape index (κ3) is 10.6. The molecule has 6 atom stereocenters. The normalized spacial score (nSPS) is 20.6. The molecule has 4 aromatic rings. The van der Waals surface area contributed by atoms with E-state index in [2.05, 4.69) is 41.7 Å². The number of carboxylic acids is 2. The van der Waals surface area contributed by atoms with Crippen molar-refractivity contribution in [1.82, 2.24) is 60.8 Å². The van der Waals surface area contributed by atoms with Gasteiger partial charge in [0.25, 0.3) is 30.1 Å². The maximum atomic E-state index is 12.8. The number of hydrogen-bond acceptors (Lipinski definition) is 20. The second kappa shape index (κ2) is 21.8. The van der Waals surface area contributed by atoms with E-state index in [0.717, 1.165) is 4.90 Å². The van der Waals surface area contributed by atoms with Gasteiger partial charge in [-0.05, 0) is 37.6 Å². The number of thioether (sulfide) groups is 4. The zero-order valence-electron chi connectivity index (χ0n) is 34.3. The van der Waals surface area contributed by atoms with Crippen molar-refractivity contribution >= 4 is 89.1 Å². The topological polar surface area (TPSA) is 310 Å². The zero-order valence-corrected chi connectivity index (χ0v) is 39.6. The molecule has 2 aromatic carbocycles. The van der Waals surface area contributed by atoms with E-state index in [9.17, 15) is 48.9 Å². The minimum absolute atomic E-state index is 0. The standard InChI is InChI=1S/C19H18N6O6S2.C18H18N6O5S2.Na/c1-24-19(21-22-23-24)33-8-11-7-32-17-12(16(28)25(17)13(11)18(29)30)20-15(27)14(31-9-26)10-5-3-2-4-6-10;1-23-18(20-21-22-23)31-8-10-7-30-16-11(15(27)24(16)12(10)17(28)29)19-14(26)13(25)9-5-3-2-4-6-9;/h2-6,9,12,14,17H,7-8H2,1H3,(H,20,27)(H,29,30);2-6,11,13,16,25H,7-8H2,1H3,(H,19,26)(H,28,29);/q;;+1/p-1/t12-,14-,17-;11-,13-,16-;/m11./s1. The van der Waals surface area contributed by atoms with E-state index in [1.807, 2.05) is 0 Å². The Kier molecular flexibility index (Phi) is 16.5. The molecule has 4 aliphatic heterocycles. The molecule has 4 amide bonds. The summed E-state index contributed by atoms with van der Waals surface area (Å²) in [4.78, 5) is 87.7. The van der Waals surface area contributed by atoms with Gasteiger partial charge in [-0.3, -0.25) is 33.8 Å². The molecule has 8 rings (SSSR count). The van der Waals surface area contributed by atoms with Gasteiger partial charge in [0.15, 0.2) is 6.10 Å². The number of carbonyl (C=O) groups excluding carboxylic acids is 6. The van der Waals surface area contributed by atoms with Crippen LogP contribution in [0.1, 0.15) is 23.3 Å². The number of rotatable bonds is 16. The molecule has 2 fully saturated rings. The van der Waals surface area contributed by atoms with E-state index < -0.39 is 70.6 Å². The smallest absolute Gasteiger partial charge is 0.543 e. The van der Waals surface area contributed by atoms with Crippen LogP contribution in [0.5, 0.6) is 0 Å². The van der Waals surface area contributed by atoms with Gasteiger partial charge in [-0.1, -0.05) is 84.2 Å². The van der Waals surface area contributed by atoms with E-state index in [1.165, 1.54) is 61.3 Å². The number of aliphatic hydroxyl groups excluding tert-OH is 1. The predicted molar refractivity (Wildman–Crippen MR) is 224 cm³/mol. The Morgan fingerprint density at radius 3 is 1.71 bits per heavy atom. The average molecular weight is 975 g/mol. The van der Waals surface area contributed by atoms with Crippen LogP contribution in [0, 0.1) is 0 Å². The number of hydrogen-bond donors (Lipinski definition) is 4. The molecule has 6 heterocycles. The van der Waals surface area contributed by atoms with Crippen LogP contribution in [-0.2, 0) is 52.4 Å². The summed E-state index contributed by atoms with van der Waals surface area (Å²) in [5.41, 5.74) is 1.63. The second-order valence-electron chi connectivity index (χ2n) is 13.9. The van der Waals surface area contributed by atoms with Crippen LogP contribution in [0.2, 0.25) is 0 Å². The molecule has 65 heavy (non-hydrogen) atoms. The summed E-state index contributed by atoms with van der Waals surface area (Å²) in [6.07, 6.45) is -2.65. The van der Waals surface area contributed by atoms with Crippen molar-refractivity contribution in [1.29, 1.82) is 0 Å². The van der Waals surface area contributed by atoms with Crippen LogP contribution in [0.25, 0.3) is 0 Å². The largest absolute Gasteiger partial charge is 1.00 e. The number of aliphatic carboxylic acids is 2. The Hall–Kier alpha value is -5.29. The van der Waals surface area contributed by atoms with E-state index in [4.69, 9.17) is 4.74 Å². The van der Waals surface area contributed by atoms with Gasteiger partial charge in [-0.25, -0.2) is 14.2 Å². The Morgan fingerprint density at radius 1 is 0.800 bits per heavy atom. The number of nitrogens with zero attached hydrogens (tertiary/aromatic N) is 10. The fourth-order valence-corrected chi connectivity index (χ4v) is 11.5. The van der Waals surface area contributed by atoms with Crippen LogP contribution in [0.3, 0.4) is 0 Å². The van der Waals surface area contributed by atoms with Crippen molar-refractivity contribution in [2.45, 2.75) is 45.4 Å². The average Bonchev–Trinajstić information content (AvgIpc) is 3.92. The Labute approximate surface area is 407 Å². The first kappa shape index (κ1) is 49.2. The molecule has 0 unspecified atom stereocenters. The summed E-state index contributed by atoms with van der Waals surface area (Å²) in [5, 5.41) is 59.0. The van der Waals surface area contributed by atoms with Gasteiger partial charge >= 0.3 is 35.5 Å². The molecule has 4 aliphatic rings. The maximum absolute atomic E-state index is 12.8. The maximum Gasteiger partial charge on any atom is 1.00 e. The number of ether oxygens (including phenoxy) is 1. The summed E-state index contributed by atoms with van der Waals surface area (Å²) >= 11 is 5.19. The first-order chi connectivity index (χ1) is 30.8. The molecule has 0 saturated carbocycles. The van der Waals surface area contributed by atoms with Crippen molar-refractivity contribution in [2.24, 2.45) is 14.1 Å². The molecule has 2 saturated heterocycles. The SMILES string of the molecule is Cn1nnnc1SCC1=C(C(=O)O)N2C(=O)[C@@H](NC(=O)[C@H](O)c3ccccc3)[C@H]2SC1.Cn1nnnc1SCC1=C(C(=O)[O-])N2C(=O)[C@@H](NC(=O)[C@H](OC=O)c3ccccc3)[C@H]2SC1.[Na+]. The van der Waals surface area contributed by atoms with Crippen LogP contribution in [-0.4, -0.2) is 148 Å². The van der Waals surface area contributed by atoms with Crippen LogP contribution in [0.15, 0.2) is 93.5 Å². The minimum Gasteiger partial charge on any atom is -0.543 e. The molecule has 0 spiro atoms. The Balaban J connectivity index is 0.000000212. The van der Waals surface area contributed by atoms with Crippen LogP contribution < -0.4 is 45.3 Å². The number of amides is 4. The van der Waals surface area contributed by atoms with Gasteiger partial charge in [0.05, 0.1) is 11.7 Å². The molecule has 0 bridgehead atoms. The van der Waals surface area contributed by atoms with Gasteiger partial charge in [0, 0.05) is 42.7 Å². The summed E-state index contributed by atoms with van der Waals surface area (Å²) < 4.78 is 7.85. The summed E-state index contributed by atoms with van der Waals surface area (Å²) in [6, 6.07) is 14.8. The first-order valence-electron chi connectivity index (χ1n) is 18.8. The second-order valence-corrected chi connectivity index (χ2v) is 18.0. The van der Waals surface area contributed by atoms with Gasteiger partial charge in [0.2, 0.25) is 16.4 Å². The van der Waals surface area contributed by atoms with E-state index in [-0.39, 0.29) is 53.2 Å². The van der Waals surface area contributed by atoms with Gasteiger partial charge in [-0.15, -0.1) is 33.7 Å². The first-order valence-corrected chi connectivity index (χ1v) is 22.8. The van der Waals surface area contributed by atoms with Crippen molar-refractivity contribution < 1.29 is 83.2 Å². The van der Waals surface area contributed by atoms with E-state index in [1.54, 1.807) is 74.8 Å². The Bertz CT molecular complexity index is 2530. The minimum atomic E-state index is -1.48. The van der Waals surface area contributed by atoms with Crippen molar-refractivity contribution in [3.8, 4) is 0 Å². The number of fused-ring (bicyclic) bond motifs is 2. The molecular weight excluding hydrogens is 940 g/mol. The number of nitrogens with one attached hydrogen (secondary N) is 2. The molecule has 0 aliphatic carbocycles. The summed E-state index contributed by atoms with van der Waals surface area (Å²) in [6.45, 7) is 0.162. The predicted octanol–water partition coefficient (Wildman–Crippen LogP) is -4.60. The van der Waals surface area contributed by atoms with Gasteiger partial charge < -0.3 is 35.5 Å². The van der Waals surface area contributed by atoms with Crippen molar-refractivity contribution in [3.05, 3.63) is 94.3 Å². The molecular formula is C37H35N12NaO11S4. The third-order valence-corrected chi connectivity index (χ3v) is 14.8. The summed E-state index contributed by atoms with van der Waals surface area (Å²) in [5.74, 6) is -3.92. The molecule has 23 nitrogen and oxygen atoms in total. The van der Waals surface area contributed by atoms with Gasteiger partial charge in [-0.2, -0.15) is 0 Å². The number of benzene rings is 2. The molecule has 2 aromatic heterocycles. The number of aliphatic hydroxyl groups is 1. The monoisotopic (exact) mass is 974 g/mol. The number of aromatic nitrogens is 8. The summed E-state index contributed by atoms with van der Waals surface area (Å²) in [7, 11) is 3.34. The van der Waals surface area contributed by atoms with Crippen LogP contribution >= 0.6 is 47.0 Å². The fraction of sp³-hybridized carbons (Fsp3) is 0.324. The Morgan fingerprint density at radius 2 is 1.26 bits per heavy atom. The van der Waals surface area contributed by atoms with E-state index >= 15 is 0 Å². The third-order valence-electron chi connectivity index (χ3n) is 9.90. The van der Waals surface area contributed by atoms with Crippen LogP contribution in [0.4, 0.5) is 0 Å². The zero-order chi connectivity index (χ0) is 45.7. The number of aryl methyl sites for hydroxylation is 2. The number of tetrazole rings is 2.